The Bertz CT molecular complexity index is 1010. The van der Waals surface area contributed by atoms with Crippen LogP contribution >= 0.6 is 22.9 Å². The van der Waals surface area contributed by atoms with Crippen molar-refractivity contribution in [2.24, 2.45) is 0 Å². The third kappa shape index (κ3) is 4.97. The molecule has 2 heterocycles. The molecule has 0 bridgehead atoms. The lowest BCUT2D eigenvalue weighted by Gasteiger charge is -2.10. The Morgan fingerprint density at radius 3 is 2.86 bits per heavy atom. The van der Waals surface area contributed by atoms with E-state index in [0.29, 0.717) is 22.2 Å². The van der Waals surface area contributed by atoms with E-state index in [1.54, 1.807) is 25.3 Å². The molecule has 6 nitrogen and oxygen atoms in total. The largest absolute Gasteiger partial charge is 0.495 e. The monoisotopic (exact) mass is 432 g/mol. The number of rotatable bonds is 8. The number of thiazole rings is 1. The Balaban J connectivity index is 1.73. The Hall–Kier alpha value is -2.38. The van der Waals surface area contributed by atoms with Crippen molar-refractivity contribution in [3.05, 3.63) is 51.2 Å². The second-order valence-electron chi connectivity index (χ2n) is 6.86. The van der Waals surface area contributed by atoms with Crippen LogP contribution in [0.5, 0.6) is 5.75 Å². The molecule has 0 fully saturated rings. The zero-order valence-electron chi connectivity index (χ0n) is 17.1. The second kappa shape index (κ2) is 9.41. The van der Waals surface area contributed by atoms with E-state index in [-0.39, 0.29) is 12.3 Å². The number of amides is 1. The van der Waals surface area contributed by atoms with Crippen molar-refractivity contribution in [2.45, 2.75) is 46.5 Å². The van der Waals surface area contributed by atoms with Gasteiger partial charge in [0.05, 0.1) is 30.6 Å². The molecule has 2 aromatic heterocycles. The lowest BCUT2D eigenvalue weighted by atomic mass is 10.1. The summed E-state index contributed by atoms with van der Waals surface area (Å²) < 4.78 is 7.15. The molecule has 1 N–H and O–H groups in total. The zero-order valence-corrected chi connectivity index (χ0v) is 18.7. The first-order chi connectivity index (χ1) is 13.9. The van der Waals surface area contributed by atoms with E-state index in [0.717, 1.165) is 35.8 Å². The summed E-state index contributed by atoms with van der Waals surface area (Å²) >= 11 is 7.51. The number of aryl methyl sites for hydroxylation is 1. The van der Waals surface area contributed by atoms with Gasteiger partial charge in [-0.2, -0.15) is 5.10 Å². The van der Waals surface area contributed by atoms with Crippen molar-refractivity contribution in [1.29, 1.82) is 0 Å². The summed E-state index contributed by atoms with van der Waals surface area (Å²) in [6, 6.07) is 5.10. The Morgan fingerprint density at radius 1 is 1.34 bits per heavy atom. The van der Waals surface area contributed by atoms with Crippen LogP contribution < -0.4 is 10.1 Å². The predicted molar refractivity (Wildman–Crippen MR) is 118 cm³/mol. The quantitative estimate of drug-likeness (QED) is 0.535. The number of aromatic nitrogens is 3. The summed E-state index contributed by atoms with van der Waals surface area (Å²) in [5.74, 6) is 0.378. The van der Waals surface area contributed by atoms with Gasteiger partial charge in [0, 0.05) is 16.1 Å². The minimum atomic E-state index is -0.181. The highest BCUT2D eigenvalue weighted by molar-refractivity contribution is 7.12. The Morgan fingerprint density at radius 2 is 2.14 bits per heavy atom. The average molecular weight is 433 g/mol. The van der Waals surface area contributed by atoms with Crippen LogP contribution in [-0.4, -0.2) is 27.8 Å². The number of halogens is 1. The number of anilines is 1. The highest BCUT2D eigenvalue weighted by atomic mass is 35.5. The van der Waals surface area contributed by atoms with E-state index < -0.39 is 0 Å². The van der Waals surface area contributed by atoms with Gasteiger partial charge in [0.2, 0.25) is 11.0 Å². The fourth-order valence-corrected chi connectivity index (χ4v) is 4.19. The van der Waals surface area contributed by atoms with Crippen LogP contribution in [0.3, 0.4) is 0 Å². The molecule has 29 heavy (non-hydrogen) atoms. The third-order valence-electron chi connectivity index (χ3n) is 4.72. The molecule has 0 atom stereocenters. The Labute approximate surface area is 179 Å². The van der Waals surface area contributed by atoms with Gasteiger partial charge in [0.1, 0.15) is 5.75 Å². The minimum Gasteiger partial charge on any atom is -0.495 e. The van der Waals surface area contributed by atoms with E-state index in [1.165, 1.54) is 16.9 Å². The summed E-state index contributed by atoms with van der Waals surface area (Å²) in [5, 5.41) is 10.7. The van der Waals surface area contributed by atoms with Crippen LogP contribution in [0.15, 0.2) is 23.6 Å². The van der Waals surface area contributed by atoms with Crippen molar-refractivity contribution >= 4 is 34.5 Å². The van der Waals surface area contributed by atoms with Crippen LogP contribution in [0.4, 0.5) is 5.69 Å². The molecule has 0 radical (unpaired) electrons. The van der Waals surface area contributed by atoms with Gasteiger partial charge in [-0.3, -0.25) is 4.79 Å². The molecule has 0 aliphatic carbocycles. The molecule has 0 saturated heterocycles. The summed E-state index contributed by atoms with van der Waals surface area (Å²) in [4.78, 5) is 17.1. The number of hydrogen-bond donors (Lipinski definition) is 1. The van der Waals surface area contributed by atoms with Crippen molar-refractivity contribution in [1.82, 2.24) is 14.8 Å². The smallest absolute Gasteiger partial charge is 0.230 e. The fourth-order valence-electron chi connectivity index (χ4n) is 3.19. The summed E-state index contributed by atoms with van der Waals surface area (Å²) in [6.07, 6.45) is 3.48. The molecule has 0 unspecified atom stereocenters. The SMILES string of the molecule is CCCCc1c(C)nn(-c2nc(CC(=O)Nc3cc(Cl)ccc3OC)cs2)c1C. The predicted octanol–water partition coefficient (Wildman–Crippen LogP) is 5.13. The molecule has 0 aliphatic rings. The van der Waals surface area contributed by atoms with E-state index in [2.05, 4.69) is 29.2 Å². The van der Waals surface area contributed by atoms with Crippen LogP contribution in [0.25, 0.3) is 5.13 Å². The number of carbonyl (C=O) groups excluding carboxylic acids is 1. The number of carbonyl (C=O) groups is 1. The third-order valence-corrected chi connectivity index (χ3v) is 5.82. The van der Waals surface area contributed by atoms with Gasteiger partial charge < -0.3 is 10.1 Å². The lowest BCUT2D eigenvalue weighted by Crippen LogP contribution is -2.15. The lowest BCUT2D eigenvalue weighted by molar-refractivity contribution is -0.115. The highest BCUT2D eigenvalue weighted by Crippen LogP contribution is 2.28. The van der Waals surface area contributed by atoms with Gasteiger partial charge >= 0.3 is 0 Å². The van der Waals surface area contributed by atoms with Gasteiger partial charge in [-0.15, -0.1) is 11.3 Å². The molecule has 8 heteroatoms. The van der Waals surface area contributed by atoms with Gasteiger partial charge in [-0.05, 0) is 50.5 Å². The zero-order chi connectivity index (χ0) is 21.0. The molecular weight excluding hydrogens is 408 g/mol. The number of unbranched alkanes of at least 4 members (excludes halogenated alkanes) is 1. The highest BCUT2D eigenvalue weighted by Gasteiger charge is 2.16. The maximum absolute atomic E-state index is 12.5. The van der Waals surface area contributed by atoms with Crippen molar-refractivity contribution in [3.8, 4) is 10.9 Å². The molecule has 0 aliphatic heterocycles. The first kappa shape index (κ1) is 21.3. The molecule has 1 aromatic carbocycles. The van der Waals surface area contributed by atoms with Gasteiger partial charge in [-0.25, -0.2) is 9.67 Å². The molecule has 1 amide bonds. The first-order valence-electron chi connectivity index (χ1n) is 9.56. The number of nitrogens with zero attached hydrogens (tertiary/aromatic N) is 3. The Kier molecular flexibility index (Phi) is 6.92. The average Bonchev–Trinajstić information content (AvgIpc) is 3.24. The minimum absolute atomic E-state index is 0.161. The standard InChI is InChI=1S/C21H25ClN4O2S/c1-5-6-7-17-13(2)25-26(14(17)3)21-23-16(12-29-21)11-20(27)24-18-10-15(22)8-9-19(18)28-4/h8-10,12H,5-7,11H2,1-4H3,(H,24,27). The van der Waals surface area contributed by atoms with Gasteiger partial charge in [0.15, 0.2) is 0 Å². The van der Waals surface area contributed by atoms with Crippen LogP contribution in [0.2, 0.25) is 5.02 Å². The normalized spacial score (nSPS) is 10.9. The summed E-state index contributed by atoms with van der Waals surface area (Å²) in [5.41, 5.74) is 4.68. The molecule has 0 saturated carbocycles. The fraction of sp³-hybridized carbons (Fsp3) is 0.381. The topological polar surface area (TPSA) is 69.0 Å². The number of hydrogen-bond acceptors (Lipinski definition) is 5. The van der Waals surface area contributed by atoms with Crippen LogP contribution in [-0.2, 0) is 17.6 Å². The maximum Gasteiger partial charge on any atom is 0.230 e. The summed E-state index contributed by atoms with van der Waals surface area (Å²) in [6.45, 7) is 6.30. The van der Waals surface area contributed by atoms with Crippen LogP contribution in [0.1, 0.15) is 42.4 Å². The molecule has 3 aromatic rings. The van der Waals surface area contributed by atoms with Gasteiger partial charge in [-0.1, -0.05) is 24.9 Å². The van der Waals surface area contributed by atoms with E-state index >= 15 is 0 Å². The van der Waals surface area contributed by atoms with E-state index in [9.17, 15) is 4.79 Å². The van der Waals surface area contributed by atoms with E-state index in [4.69, 9.17) is 16.3 Å². The molecule has 0 spiro atoms. The number of ether oxygens (including phenoxy) is 1. The molecule has 3 rings (SSSR count). The number of methoxy groups -OCH3 is 1. The number of nitrogens with one attached hydrogen (secondary N) is 1. The van der Waals surface area contributed by atoms with Crippen molar-refractivity contribution in [2.75, 3.05) is 12.4 Å². The maximum atomic E-state index is 12.5. The van der Waals surface area contributed by atoms with Gasteiger partial charge in [0.25, 0.3) is 0 Å². The molecule has 154 valence electrons. The van der Waals surface area contributed by atoms with Crippen molar-refractivity contribution < 1.29 is 9.53 Å². The number of benzene rings is 1. The first-order valence-corrected chi connectivity index (χ1v) is 10.8. The van der Waals surface area contributed by atoms with Crippen LogP contribution in [0, 0.1) is 13.8 Å². The summed E-state index contributed by atoms with van der Waals surface area (Å²) in [7, 11) is 1.55. The second-order valence-corrected chi connectivity index (χ2v) is 8.13. The molecular formula is C21H25ClN4O2S. The van der Waals surface area contributed by atoms with E-state index in [1.807, 2.05) is 17.0 Å². The van der Waals surface area contributed by atoms with Crippen molar-refractivity contribution in [3.63, 3.8) is 0 Å².